The van der Waals surface area contributed by atoms with Crippen molar-refractivity contribution in [1.29, 1.82) is 0 Å². The first kappa shape index (κ1) is 27.7. The number of hydrogen-bond donors (Lipinski definition) is 0. The number of non-ortho nitro benzene ring substituents is 1. The van der Waals surface area contributed by atoms with Crippen molar-refractivity contribution >= 4 is 29.1 Å². The Balaban J connectivity index is 1.55. The van der Waals surface area contributed by atoms with Gasteiger partial charge in [0.15, 0.2) is 4.80 Å². The maximum Gasteiger partial charge on any atom is 0.338 e. The third-order valence-electron chi connectivity index (χ3n) is 6.43. The van der Waals surface area contributed by atoms with Crippen molar-refractivity contribution < 1.29 is 19.2 Å². The zero-order valence-corrected chi connectivity index (χ0v) is 23.5. The number of carbonyl (C=O) groups excluding carboxylic acids is 1. The molecule has 0 fully saturated rings. The SMILES string of the molecule is CC1=C(C(=O)OC(C)C)C(c2ccc(OCc3ccccc3)cc2)n2c(sc(=Cc3ccc([N+](=O)[O-])cc3)c2=O)=N1. The minimum absolute atomic E-state index is 0.0382. The van der Waals surface area contributed by atoms with Gasteiger partial charge in [0, 0.05) is 12.1 Å². The van der Waals surface area contributed by atoms with Crippen LogP contribution in [0.5, 0.6) is 5.75 Å². The van der Waals surface area contributed by atoms with Crippen molar-refractivity contribution in [2.45, 2.75) is 39.5 Å². The number of esters is 1. The van der Waals surface area contributed by atoms with Crippen molar-refractivity contribution in [2.24, 2.45) is 4.99 Å². The number of aromatic nitrogens is 1. The number of ether oxygens (including phenoxy) is 2. The Bertz CT molecular complexity index is 1800. The Labute approximate surface area is 239 Å². The van der Waals surface area contributed by atoms with Crippen molar-refractivity contribution in [1.82, 2.24) is 4.57 Å². The molecule has 0 amide bonds. The summed E-state index contributed by atoms with van der Waals surface area (Å²) < 4.78 is 13.4. The van der Waals surface area contributed by atoms with Gasteiger partial charge in [-0.2, -0.15) is 0 Å². The van der Waals surface area contributed by atoms with E-state index in [2.05, 4.69) is 4.99 Å². The molecule has 0 saturated heterocycles. The summed E-state index contributed by atoms with van der Waals surface area (Å²) in [5, 5.41) is 11.0. The van der Waals surface area contributed by atoms with Gasteiger partial charge < -0.3 is 9.47 Å². The first-order chi connectivity index (χ1) is 19.7. The Hall–Kier alpha value is -4.83. The molecule has 1 atom stereocenters. The topological polar surface area (TPSA) is 113 Å². The highest BCUT2D eigenvalue weighted by molar-refractivity contribution is 7.07. The van der Waals surface area contributed by atoms with E-state index >= 15 is 0 Å². The number of carbonyl (C=O) groups is 1. The molecular formula is C31H27N3O6S. The summed E-state index contributed by atoms with van der Waals surface area (Å²) in [5.74, 6) is 0.107. The third kappa shape index (κ3) is 6.02. The number of fused-ring (bicyclic) bond motifs is 1. The smallest absolute Gasteiger partial charge is 0.338 e. The molecule has 2 heterocycles. The average molecular weight is 570 g/mol. The Morgan fingerprint density at radius 3 is 2.39 bits per heavy atom. The zero-order valence-electron chi connectivity index (χ0n) is 22.6. The van der Waals surface area contributed by atoms with Crippen LogP contribution in [0.15, 0.2) is 99.9 Å². The molecule has 1 unspecified atom stereocenters. The molecule has 1 aliphatic heterocycles. The van der Waals surface area contributed by atoms with E-state index in [0.717, 1.165) is 5.56 Å². The summed E-state index contributed by atoms with van der Waals surface area (Å²) in [6.07, 6.45) is 1.31. The van der Waals surface area contributed by atoms with Crippen molar-refractivity contribution in [2.75, 3.05) is 0 Å². The minimum atomic E-state index is -0.764. The Kier molecular flexibility index (Phi) is 7.93. The second-order valence-corrected chi connectivity index (χ2v) is 10.7. The summed E-state index contributed by atoms with van der Waals surface area (Å²) in [6, 6.07) is 22.3. The fourth-order valence-electron chi connectivity index (χ4n) is 4.51. The van der Waals surface area contributed by atoms with E-state index < -0.39 is 16.9 Å². The van der Waals surface area contributed by atoms with Crippen LogP contribution >= 0.6 is 11.3 Å². The highest BCUT2D eigenvalue weighted by Crippen LogP contribution is 2.32. The number of nitro benzene ring substituents is 1. The molecule has 1 aromatic heterocycles. The maximum absolute atomic E-state index is 13.8. The lowest BCUT2D eigenvalue weighted by Crippen LogP contribution is -2.40. The molecule has 208 valence electrons. The second-order valence-electron chi connectivity index (χ2n) is 9.73. The number of hydrogen-bond acceptors (Lipinski definition) is 8. The van der Waals surface area contributed by atoms with Crippen LogP contribution in [0.25, 0.3) is 6.08 Å². The molecular weight excluding hydrogens is 542 g/mol. The summed E-state index contributed by atoms with van der Waals surface area (Å²) in [7, 11) is 0. The van der Waals surface area contributed by atoms with Crippen LogP contribution in [0.1, 0.15) is 43.5 Å². The van der Waals surface area contributed by atoms with Crippen LogP contribution in [-0.2, 0) is 16.1 Å². The molecule has 0 saturated carbocycles. The number of rotatable bonds is 8. The molecule has 3 aromatic carbocycles. The van der Waals surface area contributed by atoms with Gasteiger partial charge >= 0.3 is 5.97 Å². The highest BCUT2D eigenvalue weighted by Gasteiger charge is 2.33. The highest BCUT2D eigenvalue weighted by atomic mass is 32.1. The molecule has 0 spiro atoms. The van der Waals surface area contributed by atoms with Gasteiger partial charge in [-0.25, -0.2) is 9.79 Å². The lowest BCUT2D eigenvalue weighted by atomic mass is 9.96. The second kappa shape index (κ2) is 11.7. The Morgan fingerprint density at radius 1 is 1.07 bits per heavy atom. The molecule has 0 aliphatic carbocycles. The zero-order chi connectivity index (χ0) is 29.1. The summed E-state index contributed by atoms with van der Waals surface area (Å²) in [6.45, 7) is 5.67. The van der Waals surface area contributed by atoms with Gasteiger partial charge in [-0.15, -0.1) is 0 Å². The van der Waals surface area contributed by atoms with E-state index in [9.17, 15) is 19.7 Å². The maximum atomic E-state index is 13.8. The molecule has 0 bridgehead atoms. The van der Waals surface area contributed by atoms with Crippen molar-refractivity contribution in [3.8, 4) is 5.75 Å². The van der Waals surface area contributed by atoms with Crippen LogP contribution in [0.2, 0.25) is 0 Å². The average Bonchev–Trinajstić information content (AvgIpc) is 3.25. The Morgan fingerprint density at radius 2 is 1.76 bits per heavy atom. The van der Waals surface area contributed by atoms with Gasteiger partial charge in [-0.3, -0.25) is 19.5 Å². The van der Waals surface area contributed by atoms with E-state index in [-0.39, 0.29) is 22.9 Å². The van der Waals surface area contributed by atoms with E-state index in [1.165, 1.54) is 28.0 Å². The van der Waals surface area contributed by atoms with E-state index in [4.69, 9.17) is 9.47 Å². The number of nitro groups is 1. The molecule has 0 radical (unpaired) electrons. The standard InChI is InChI=1S/C31H27N3O6S/c1-19(2)40-30(36)27-20(3)32-31-33(29(35)26(41-31)17-21-9-13-24(14-10-21)34(37)38)28(27)23-11-15-25(16-12-23)39-18-22-7-5-4-6-8-22/h4-17,19,28H,18H2,1-3H3. The normalized spacial score (nSPS) is 14.9. The van der Waals surface area contributed by atoms with Crippen LogP contribution in [-0.4, -0.2) is 21.6 Å². The van der Waals surface area contributed by atoms with Gasteiger partial charge in [0.25, 0.3) is 11.2 Å². The fraction of sp³-hybridized carbons (Fsp3) is 0.194. The number of thiazole rings is 1. The predicted octanol–water partition coefficient (Wildman–Crippen LogP) is 4.67. The molecule has 4 aromatic rings. The monoisotopic (exact) mass is 569 g/mol. The van der Waals surface area contributed by atoms with Gasteiger partial charge in [-0.05, 0) is 67.8 Å². The van der Waals surface area contributed by atoms with Crippen molar-refractivity contribution in [3.05, 3.63) is 137 Å². The summed E-state index contributed by atoms with van der Waals surface area (Å²) in [5.41, 5.74) is 2.75. The van der Waals surface area contributed by atoms with E-state index in [1.54, 1.807) is 39.0 Å². The molecule has 0 N–H and O–H groups in total. The number of nitrogens with zero attached hydrogens (tertiary/aromatic N) is 3. The van der Waals surface area contributed by atoms with Crippen molar-refractivity contribution in [3.63, 3.8) is 0 Å². The van der Waals surface area contributed by atoms with E-state index in [1.807, 2.05) is 54.6 Å². The predicted molar refractivity (Wildman–Crippen MR) is 155 cm³/mol. The molecule has 9 nitrogen and oxygen atoms in total. The first-order valence-electron chi connectivity index (χ1n) is 13.0. The van der Waals surface area contributed by atoms with Gasteiger partial charge in [0.05, 0.1) is 32.9 Å². The van der Waals surface area contributed by atoms with Crippen LogP contribution in [0.4, 0.5) is 5.69 Å². The van der Waals surface area contributed by atoms with Crippen LogP contribution in [0, 0.1) is 10.1 Å². The van der Waals surface area contributed by atoms with Crippen LogP contribution in [0.3, 0.4) is 0 Å². The van der Waals surface area contributed by atoms with Gasteiger partial charge in [0.2, 0.25) is 0 Å². The summed E-state index contributed by atoms with van der Waals surface area (Å²) >= 11 is 1.19. The van der Waals surface area contributed by atoms with E-state index in [0.29, 0.717) is 38.5 Å². The van der Waals surface area contributed by atoms with Crippen LogP contribution < -0.4 is 19.6 Å². The number of allylic oxidation sites excluding steroid dienone is 1. The lowest BCUT2D eigenvalue weighted by Gasteiger charge is -2.25. The molecule has 10 heteroatoms. The first-order valence-corrected chi connectivity index (χ1v) is 13.8. The summed E-state index contributed by atoms with van der Waals surface area (Å²) in [4.78, 5) is 42.6. The lowest BCUT2D eigenvalue weighted by molar-refractivity contribution is -0.384. The van der Waals surface area contributed by atoms with Gasteiger partial charge in [0.1, 0.15) is 12.4 Å². The van der Waals surface area contributed by atoms with Gasteiger partial charge in [-0.1, -0.05) is 53.8 Å². The number of benzene rings is 3. The molecule has 41 heavy (non-hydrogen) atoms. The third-order valence-corrected chi connectivity index (χ3v) is 7.41. The quantitative estimate of drug-likeness (QED) is 0.173. The molecule has 5 rings (SSSR count). The largest absolute Gasteiger partial charge is 0.489 e. The fourth-order valence-corrected chi connectivity index (χ4v) is 5.55. The minimum Gasteiger partial charge on any atom is -0.489 e. The molecule has 1 aliphatic rings.